The number of aromatic nitrogens is 2. The van der Waals surface area contributed by atoms with E-state index in [9.17, 15) is 9.59 Å². The summed E-state index contributed by atoms with van der Waals surface area (Å²) in [6.45, 7) is 1.09. The molecule has 146 valence electrons. The largest absolute Gasteiger partial charge is 0.461 e. The summed E-state index contributed by atoms with van der Waals surface area (Å²) in [7, 11) is 0. The molecule has 0 bridgehead atoms. The lowest BCUT2D eigenvalue weighted by Crippen LogP contribution is -2.30. The van der Waals surface area contributed by atoms with Crippen molar-refractivity contribution < 1.29 is 14.3 Å². The van der Waals surface area contributed by atoms with Gasteiger partial charge in [-0.2, -0.15) is 0 Å². The second-order valence-electron chi connectivity index (χ2n) is 7.89. The maximum atomic E-state index is 13.2. The minimum absolute atomic E-state index is 0.0860. The van der Waals surface area contributed by atoms with Gasteiger partial charge in [0.15, 0.2) is 5.69 Å². The number of imidazole rings is 1. The van der Waals surface area contributed by atoms with Gasteiger partial charge in [0, 0.05) is 6.54 Å². The van der Waals surface area contributed by atoms with Gasteiger partial charge >= 0.3 is 5.97 Å². The minimum atomic E-state index is -0.398. The van der Waals surface area contributed by atoms with E-state index >= 15 is 0 Å². The molecule has 0 N–H and O–H groups in total. The molecule has 1 saturated carbocycles. The third-order valence-electron chi connectivity index (χ3n) is 6.22. The zero-order chi connectivity index (χ0) is 19.3. The Bertz CT molecular complexity index is 948. The summed E-state index contributed by atoms with van der Waals surface area (Å²) < 4.78 is 7.47. The van der Waals surface area contributed by atoms with Crippen LogP contribution in [-0.4, -0.2) is 39.5 Å². The van der Waals surface area contributed by atoms with Crippen molar-refractivity contribution in [3.8, 4) is 5.69 Å². The van der Waals surface area contributed by atoms with Gasteiger partial charge in [-0.1, -0.05) is 30.5 Å². The van der Waals surface area contributed by atoms with Gasteiger partial charge in [-0.15, -0.1) is 0 Å². The Labute approximate surface area is 168 Å². The number of amides is 1. The number of ether oxygens (including phenoxy) is 1. The van der Waals surface area contributed by atoms with Gasteiger partial charge in [-0.3, -0.25) is 9.36 Å². The van der Waals surface area contributed by atoms with Gasteiger partial charge in [0.05, 0.1) is 34.6 Å². The van der Waals surface area contributed by atoms with Crippen molar-refractivity contribution in [3.63, 3.8) is 0 Å². The van der Waals surface area contributed by atoms with E-state index in [1.165, 1.54) is 12.8 Å². The number of hydrogen-bond donors (Lipinski definition) is 0. The highest BCUT2D eigenvalue weighted by molar-refractivity contribution is 6.34. The molecule has 6 nitrogen and oxygen atoms in total. The monoisotopic (exact) mass is 399 g/mol. The number of benzene rings is 1. The van der Waals surface area contributed by atoms with E-state index in [4.69, 9.17) is 16.3 Å². The molecule has 0 spiro atoms. The van der Waals surface area contributed by atoms with E-state index in [0.29, 0.717) is 41.0 Å². The molecule has 0 unspecified atom stereocenters. The van der Waals surface area contributed by atoms with Crippen molar-refractivity contribution in [3.05, 3.63) is 46.5 Å². The molecule has 5 rings (SSSR count). The van der Waals surface area contributed by atoms with Crippen LogP contribution in [0.4, 0.5) is 0 Å². The molecule has 1 aromatic heterocycles. The zero-order valence-corrected chi connectivity index (χ0v) is 16.3. The number of carbonyl (C=O) groups excluding carboxylic acids is 2. The van der Waals surface area contributed by atoms with Crippen LogP contribution in [0.15, 0.2) is 24.5 Å². The summed E-state index contributed by atoms with van der Waals surface area (Å²) in [5.74, 6) is -0.0308. The average molecular weight is 400 g/mol. The van der Waals surface area contributed by atoms with E-state index in [1.54, 1.807) is 12.4 Å². The average Bonchev–Trinajstić information content (AvgIpc) is 3.44. The van der Waals surface area contributed by atoms with Crippen LogP contribution in [-0.2, 0) is 4.74 Å². The van der Waals surface area contributed by atoms with Crippen molar-refractivity contribution in [2.24, 2.45) is 5.92 Å². The fourth-order valence-corrected chi connectivity index (χ4v) is 5.08. The summed E-state index contributed by atoms with van der Waals surface area (Å²) in [4.78, 5) is 32.3. The number of nitrogens with zero attached hydrogens (tertiary/aromatic N) is 3. The predicted octanol–water partition coefficient (Wildman–Crippen LogP) is 4.16. The first-order chi connectivity index (χ1) is 13.6. The fourth-order valence-electron chi connectivity index (χ4n) is 4.83. The molecule has 28 heavy (non-hydrogen) atoms. The van der Waals surface area contributed by atoms with E-state index in [1.807, 2.05) is 21.6 Å². The van der Waals surface area contributed by atoms with E-state index in [2.05, 4.69) is 4.98 Å². The Morgan fingerprint density at radius 1 is 1.21 bits per heavy atom. The standard InChI is InChI=1S/C21H22ClN3O3/c22-14-7-3-8-15-17(14)20(26)24-10-4-9-16(24)19-18(23-12-25(15)19)21(27)28-11-13-5-1-2-6-13/h3,7-8,12-13,16H,1-2,4-6,9-11H2/t16-/m0/s1. The molecule has 1 aromatic carbocycles. The first-order valence-electron chi connectivity index (χ1n) is 9.99. The number of rotatable bonds is 3. The van der Waals surface area contributed by atoms with Gasteiger partial charge in [0.2, 0.25) is 0 Å². The molecule has 1 amide bonds. The SMILES string of the molecule is O=C(OCC1CCCC1)c1ncn2c1[C@@H]1CCCN1C(=O)c1c(Cl)cccc1-2. The number of fused-ring (bicyclic) bond motifs is 5. The quantitative estimate of drug-likeness (QED) is 0.727. The van der Waals surface area contributed by atoms with Crippen molar-refractivity contribution in [1.82, 2.24) is 14.5 Å². The lowest BCUT2D eigenvalue weighted by atomic mass is 10.1. The molecule has 1 atom stereocenters. The van der Waals surface area contributed by atoms with Crippen LogP contribution in [0.3, 0.4) is 0 Å². The molecule has 2 aliphatic heterocycles. The Kier molecular flexibility index (Phi) is 4.38. The van der Waals surface area contributed by atoms with Gasteiger partial charge in [0.25, 0.3) is 5.91 Å². The molecule has 7 heteroatoms. The summed E-state index contributed by atoms with van der Waals surface area (Å²) in [6, 6.07) is 5.20. The van der Waals surface area contributed by atoms with Gasteiger partial charge < -0.3 is 9.64 Å². The Morgan fingerprint density at radius 2 is 2.04 bits per heavy atom. The Hall–Kier alpha value is -2.34. The van der Waals surface area contributed by atoms with E-state index in [0.717, 1.165) is 31.4 Å². The normalized spacial score (nSPS) is 21.2. The van der Waals surface area contributed by atoms with E-state index < -0.39 is 5.97 Å². The molecular weight excluding hydrogens is 378 g/mol. The summed E-state index contributed by atoms with van der Waals surface area (Å²) >= 11 is 6.39. The first kappa shape index (κ1) is 17.7. The van der Waals surface area contributed by atoms with Crippen LogP contribution in [0.25, 0.3) is 5.69 Å². The molecule has 3 heterocycles. The molecule has 3 aliphatic rings. The number of halogens is 1. The van der Waals surface area contributed by atoms with Crippen LogP contribution in [0.2, 0.25) is 5.02 Å². The third-order valence-corrected chi connectivity index (χ3v) is 6.53. The van der Waals surface area contributed by atoms with Gasteiger partial charge in [-0.05, 0) is 43.7 Å². The topological polar surface area (TPSA) is 64.4 Å². The Balaban J connectivity index is 1.56. The molecule has 1 aliphatic carbocycles. The lowest BCUT2D eigenvalue weighted by Gasteiger charge is -2.23. The third kappa shape index (κ3) is 2.73. The highest BCUT2D eigenvalue weighted by Crippen LogP contribution is 2.41. The maximum Gasteiger partial charge on any atom is 0.358 e. The second kappa shape index (κ2) is 6.92. The van der Waals surface area contributed by atoms with Crippen molar-refractivity contribution >= 4 is 23.5 Å². The van der Waals surface area contributed by atoms with Crippen LogP contribution >= 0.6 is 11.6 Å². The van der Waals surface area contributed by atoms with Crippen LogP contribution in [0.1, 0.15) is 71.1 Å². The number of hydrogen-bond acceptors (Lipinski definition) is 4. The molecule has 2 aromatic rings. The van der Waals surface area contributed by atoms with Gasteiger partial charge in [0.1, 0.15) is 6.33 Å². The predicted molar refractivity (Wildman–Crippen MR) is 104 cm³/mol. The van der Waals surface area contributed by atoms with Crippen molar-refractivity contribution in [2.75, 3.05) is 13.2 Å². The second-order valence-corrected chi connectivity index (χ2v) is 8.30. The van der Waals surface area contributed by atoms with Crippen LogP contribution in [0.5, 0.6) is 0 Å². The fraction of sp³-hybridized carbons (Fsp3) is 0.476. The maximum absolute atomic E-state index is 13.2. The van der Waals surface area contributed by atoms with E-state index in [-0.39, 0.29) is 11.9 Å². The zero-order valence-electron chi connectivity index (χ0n) is 15.6. The summed E-state index contributed by atoms with van der Waals surface area (Å²) in [6.07, 6.45) is 7.95. The first-order valence-corrected chi connectivity index (χ1v) is 10.4. The van der Waals surface area contributed by atoms with Crippen LogP contribution < -0.4 is 0 Å². The smallest absolute Gasteiger partial charge is 0.358 e. The van der Waals surface area contributed by atoms with Gasteiger partial charge in [-0.25, -0.2) is 9.78 Å². The van der Waals surface area contributed by atoms with Crippen LogP contribution in [0, 0.1) is 5.92 Å². The summed E-state index contributed by atoms with van der Waals surface area (Å²) in [5.41, 5.74) is 2.20. The minimum Gasteiger partial charge on any atom is -0.461 e. The number of carbonyl (C=O) groups is 2. The highest BCUT2D eigenvalue weighted by atomic mass is 35.5. The Morgan fingerprint density at radius 3 is 2.86 bits per heavy atom. The molecule has 0 radical (unpaired) electrons. The summed E-state index contributed by atoms with van der Waals surface area (Å²) in [5, 5.41) is 0.417. The highest BCUT2D eigenvalue weighted by Gasteiger charge is 2.41. The van der Waals surface area contributed by atoms with Crippen molar-refractivity contribution in [2.45, 2.75) is 44.6 Å². The molecular formula is C21H22ClN3O3. The molecule has 1 saturated heterocycles. The lowest BCUT2D eigenvalue weighted by molar-refractivity contribution is 0.0430. The van der Waals surface area contributed by atoms with Crippen molar-refractivity contribution in [1.29, 1.82) is 0 Å². The molecule has 2 fully saturated rings. The number of esters is 1.